The van der Waals surface area contributed by atoms with E-state index in [9.17, 15) is 9.00 Å². The van der Waals surface area contributed by atoms with Crippen LogP contribution in [0, 0.1) is 0 Å². The highest BCUT2D eigenvalue weighted by Gasteiger charge is 2.26. The summed E-state index contributed by atoms with van der Waals surface area (Å²) in [6.45, 7) is 5.70. The molecule has 3 atom stereocenters. The van der Waals surface area contributed by atoms with Crippen molar-refractivity contribution in [1.82, 2.24) is 16.0 Å². The molecule has 2 rings (SSSR count). The summed E-state index contributed by atoms with van der Waals surface area (Å²) in [5.74, 6) is 1.33. The third kappa shape index (κ3) is 9.21. The van der Waals surface area contributed by atoms with Crippen molar-refractivity contribution in [2.45, 2.75) is 50.8 Å². The van der Waals surface area contributed by atoms with Gasteiger partial charge in [0, 0.05) is 51.5 Å². The Morgan fingerprint density at radius 3 is 2.59 bits per heavy atom. The fourth-order valence-corrected chi connectivity index (χ4v) is 4.78. The molecule has 0 aliphatic heterocycles. The Bertz CT molecular complexity index is 688. The molecule has 1 aromatic carbocycles. The van der Waals surface area contributed by atoms with E-state index in [0.717, 1.165) is 43.9 Å². The van der Waals surface area contributed by atoms with Crippen molar-refractivity contribution in [3.63, 3.8) is 0 Å². The van der Waals surface area contributed by atoms with Crippen LogP contribution in [0.2, 0.25) is 5.02 Å². The molecule has 164 valence electrons. The molecule has 29 heavy (non-hydrogen) atoms. The van der Waals surface area contributed by atoms with Crippen LogP contribution in [-0.2, 0) is 10.8 Å². The van der Waals surface area contributed by atoms with Gasteiger partial charge in [0.2, 0.25) is 0 Å². The molecule has 1 aliphatic rings. The maximum Gasteiger partial charge on any atom is 0.251 e. The molecule has 0 radical (unpaired) electrons. The van der Waals surface area contributed by atoms with Gasteiger partial charge in [-0.3, -0.25) is 14.0 Å². The number of benzene rings is 1. The number of hydrogen-bond acceptors (Lipinski definition) is 3. The lowest BCUT2D eigenvalue weighted by Crippen LogP contribution is -2.47. The number of aliphatic imine (C=N–C) groups is 1. The maximum atomic E-state index is 12.1. The van der Waals surface area contributed by atoms with Crippen LogP contribution in [0.4, 0.5) is 0 Å². The van der Waals surface area contributed by atoms with Gasteiger partial charge in [-0.1, -0.05) is 24.9 Å². The highest BCUT2D eigenvalue weighted by Crippen LogP contribution is 2.22. The number of nitrogens with zero attached hydrogens (tertiary/aromatic N) is 1. The van der Waals surface area contributed by atoms with Crippen molar-refractivity contribution < 1.29 is 9.00 Å². The number of hydrogen-bond donors (Lipinski definition) is 3. The number of halogens is 2. The van der Waals surface area contributed by atoms with E-state index in [-0.39, 0.29) is 41.2 Å². The van der Waals surface area contributed by atoms with Crippen molar-refractivity contribution in [2.24, 2.45) is 4.99 Å². The zero-order valence-corrected chi connectivity index (χ0v) is 21.0. The normalized spacial score (nSPS) is 20.3. The Hall–Kier alpha value is -0.870. The van der Waals surface area contributed by atoms with E-state index < -0.39 is 10.8 Å². The van der Waals surface area contributed by atoms with Crippen LogP contribution in [-0.4, -0.2) is 52.8 Å². The summed E-state index contributed by atoms with van der Waals surface area (Å²) in [5, 5.41) is 10.5. The summed E-state index contributed by atoms with van der Waals surface area (Å²) in [4.78, 5) is 16.7. The quantitative estimate of drug-likeness (QED) is 0.199. The smallest absolute Gasteiger partial charge is 0.251 e. The van der Waals surface area contributed by atoms with E-state index >= 15 is 0 Å². The minimum absolute atomic E-state index is 0. The highest BCUT2D eigenvalue weighted by molar-refractivity contribution is 14.0. The highest BCUT2D eigenvalue weighted by atomic mass is 127. The van der Waals surface area contributed by atoms with Gasteiger partial charge in [0.15, 0.2) is 5.96 Å². The molecule has 3 unspecified atom stereocenters. The van der Waals surface area contributed by atoms with Gasteiger partial charge in [0.05, 0.1) is 6.54 Å². The number of carbonyl (C=O) groups is 1. The van der Waals surface area contributed by atoms with Crippen LogP contribution < -0.4 is 16.0 Å². The maximum absolute atomic E-state index is 12.1. The van der Waals surface area contributed by atoms with Gasteiger partial charge in [0.1, 0.15) is 0 Å². The lowest BCUT2D eigenvalue weighted by Gasteiger charge is -2.30. The van der Waals surface area contributed by atoms with Gasteiger partial charge in [-0.15, -0.1) is 24.0 Å². The Labute approximate surface area is 198 Å². The van der Waals surface area contributed by atoms with Crippen molar-refractivity contribution in [1.29, 1.82) is 0 Å². The minimum atomic E-state index is -0.741. The van der Waals surface area contributed by atoms with E-state index in [1.165, 1.54) is 0 Å². The van der Waals surface area contributed by atoms with E-state index in [4.69, 9.17) is 11.6 Å². The van der Waals surface area contributed by atoms with Gasteiger partial charge in [-0.2, -0.15) is 0 Å². The largest absolute Gasteiger partial charge is 0.357 e. The lowest BCUT2D eigenvalue weighted by atomic mass is 9.95. The Morgan fingerprint density at radius 2 is 1.93 bits per heavy atom. The minimum Gasteiger partial charge on any atom is -0.357 e. The van der Waals surface area contributed by atoms with Gasteiger partial charge in [-0.05, 0) is 50.5 Å². The molecule has 0 bridgehead atoms. The van der Waals surface area contributed by atoms with E-state index in [2.05, 4.69) is 20.9 Å². The molecule has 1 aliphatic carbocycles. The number of carbonyl (C=O) groups excluding carboxylic acids is 1. The van der Waals surface area contributed by atoms with E-state index in [1.807, 2.05) is 13.8 Å². The van der Waals surface area contributed by atoms with Crippen molar-refractivity contribution in [3.05, 3.63) is 34.9 Å². The van der Waals surface area contributed by atoms with Gasteiger partial charge in [-0.25, -0.2) is 0 Å². The van der Waals surface area contributed by atoms with E-state index in [0.29, 0.717) is 23.7 Å². The zero-order chi connectivity index (χ0) is 20.4. The second-order valence-corrected chi connectivity index (χ2v) is 9.26. The molecule has 1 saturated carbocycles. The predicted molar refractivity (Wildman–Crippen MR) is 133 cm³/mol. The zero-order valence-electron chi connectivity index (χ0n) is 17.1. The molecule has 3 N–H and O–H groups in total. The van der Waals surface area contributed by atoms with Crippen LogP contribution in [0.3, 0.4) is 0 Å². The Morgan fingerprint density at radius 1 is 1.21 bits per heavy atom. The summed E-state index contributed by atoms with van der Waals surface area (Å²) < 4.78 is 12.1. The number of guanidine groups is 1. The fraction of sp³-hybridized carbons (Fsp3) is 0.600. The van der Waals surface area contributed by atoms with Crippen LogP contribution in [0.1, 0.15) is 49.9 Å². The first-order valence-electron chi connectivity index (χ1n) is 9.99. The van der Waals surface area contributed by atoms with Crippen LogP contribution in [0.25, 0.3) is 0 Å². The van der Waals surface area contributed by atoms with Crippen molar-refractivity contribution >= 4 is 58.2 Å². The fourth-order valence-electron chi connectivity index (χ4n) is 3.30. The second kappa shape index (κ2) is 14.2. The predicted octanol–water partition coefficient (Wildman–Crippen LogP) is 3.32. The molecule has 6 nitrogen and oxygen atoms in total. The van der Waals surface area contributed by atoms with Crippen molar-refractivity contribution in [2.75, 3.05) is 25.4 Å². The molecule has 0 heterocycles. The molecule has 0 saturated heterocycles. The second-order valence-electron chi connectivity index (χ2n) is 6.82. The summed E-state index contributed by atoms with van der Waals surface area (Å²) in [6, 6.07) is 7.09. The third-order valence-electron chi connectivity index (χ3n) is 4.74. The average Bonchev–Trinajstić information content (AvgIpc) is 2.71. The molecule has 1 aromatic rings. The number of amides is 1. The van der Waals surface area contributed by atoms with Gasteiger partial charge >= 0.3 is 0 Å². The van der Waals surface area contributed by atoms with Crippen molar-refractivity contribution in [3.8, 4) is 0 Å². The molecule has 1 fully saturated rings. The summed E-state index contributed by atoms with van der Waals surface area (Å²) >= 11 is 5.84. The van der Waals surface area contributed by atoms with Crippen LogP contribution in [0.5, 0.6) is 0 Å². The Kier molecular flexibility index (Phi) is 12.8. The number of rotatable bonds is 8. The van der Waals surface area contributed by atoms with Crippen LogP contribution in [0.15, 0.2) is 29.3 Å². The Balaban J connectivity index is 0.00000420. The molecular weight excluding hydrogens is 523 g/mol. The monoisotopic (exact) mass is 554 g/mol. The molecule has 0 spiro atoms. The van der Waals surface area contributed by atoms with Gasteiger partial charge < -0.3 is 16.0 Å². The topological polar surface area (TPSA) is 82.6 Å². The molecule has 1 amide bonds. The molecular formula is C20H32ClIN4O2S. The third-order valence-corrected chi connectivity index (χ3v) is 6.73. The number of nitrogens with one attached hydrogen (secondary N) is 3. The molecule has 0 aromatic heterocycles. The van der Waals surface area contributed by atoms with Crippen LogP contribution >= 0.6 is 35.6 Å². The van der Waals surface area contributed by atoms with Gasteiger partial charge in [0.25, 0.3) is 5.91 Å². The lowest BCUT2D eigenvalue weighted by molar-refractivity contribution is 0.0955. The summed E-state index contributed by atoms with van der Waals surface area (Å²) in [5.41, 5.74) is 0.579. The summed E-state index contributed by atoms with van der Waals surface area (Å²) in [7, 11) is -0.741. The first-order chi connectivity index (χ1) is 13.5. The van der Waals surface area contributed by atoms with E-state index in [1.54, 1.807) is 24.3 Å². The SMILES string of the molecule is CCNC(=NCCNC(=O)c1ccc(Cl)cc1)NC1CCCC(S(=O)CC)C1.I. The first kappa shape index (κ1) is 26.2. The molecule has 9 heteroatoms. The first-order valence-corrected chi connectivity index (χ1v) is 11.7. The average molecular weight is 555 g/mol. The summed E-state index contributed by atoms with van der Waals surface area (Å²) in [6.07, 6.45) is 4.11. The standard InChI is InChI=1S/C20H31ClN4O2S.HI/c1-3-22-20(25-17-6-5-7-18(14-17)28(27)4-2)24-13-12-23-19(26)15-8-10-16(21)11-9-15;/h8-11,17-18H,3-7,12-14H2,1-2H3,(H,23,26)(H2,22,24,25);1H.